The van der Waals surface area contributed by atoms with E-state index >= 15 is 0 Å². The van der Waals surface area contributed by atoms with Crippen LogP contribution in [0.15, 0.2) is 47.5 Å². The Bertz CT molecular complexity index is 822. The first-order valence-corrected chi connectivity index (χ1v) is 9.52. The van der Waals surface area contributed by atoms with Crippen molar-refractivity contribution in [2.75, 3.05) is 17.7 Å². The van der Waals surface area contributed by atoms with E-state index in [1.165, 1.54) is 30.4 Å². The normalized spacial score (nSPS) is 19.5. The molecule has 0 bridgehead atoms. The first-order valence-electron chi connectivity index (χ1n) is 9.52. The molecule has 1 spiro atoms. The van der Waals surface area contributed by atoms with Gasteiger partial charge in [-0.15, -0.1) is 0 Å². The molecule has 2 aromatic rings. The molecule has 2 N–H and O–H groups in total. The predicted molar refractivity (Wildman–Crippen MR) is 108 cm³/mol. The maximum Gasteiger partial charge on any atom is 0.127 e. The van der Waals surface area contributed by atoms with Crippen molar-refractivity contribution in [3.63, 3.8) is 0 Å². The second-order valence-corrected chi connectivity index (χ2v) is 7.46. The van der Waals surface area contributed by atoms with Crippen molar-refractivity contribution in [2.24, 2.45) is 4.99 Å². The van der Waals surface area contributed by atoms with Gasteiger partial charge in [0, 0.05) is 6.07 Å². The van der Waals surface area contributed by atoms with Crippen LogP contribution in [0.1, 0.15) is 43.2 Å². The molecule has 0 saturated heterocycles. The molecule has 1 aliphatic carbocycles. The maximum absolute atomic E-state index is 5.39. The molecule has 0 atom stereocenters. The van der Waals surface area contributed by atoms with Gasteiger partial charge in [0.25, 0.3) is 0 Å². The van der Waals surface area contributed by atoms with E-state index in [-0.39, 0.29) is 5.54 Å². The summed E-state index contributed by atoms with van der Waals surface area (Å²) in [4.78, 5) is 5.03. The second-order valence-electron chi connectivity index (χ2n) is 7.46. The van der Waals surface area contributed by atoms with Crippen molar-refractivity contribution in [1.29, 1.82) is 0 Å². The fourth-order valence-corrected chi connectivity index (χ4v) is 4.12. The summed E-state index contributed by atoms with van der Waals surface area (Å²) in [5.41, 5.74) is 4.65. The van der Waals surface area contributed by atoms with Gasteiger partial charge in [0.05, 0.1) is 30.6 Å². The van der Waals surface area contributed by atoms with Gasteiger partial charge in [0.15, 0.2) is 0 Å². The first kappa shape index (κ1) is 17.0. The highest BCUT2D eigenvalue weighted by Gasteiger charge is 2.40. The van der Waals surface area contributed by atoms with Crippen LogP contribution in [0.2, 0.25) is 0 Å². The Hall–Kier alpha value is -2.49. The number of anilines is 2. The zero-order valence-electron chi connectivity index (χ0n) is 15.6. The van der Waals surface area contributed by atoms with Crippen LogP contribution in [0, 0.1) is 6.92 Å². The second kappa shape index (κ2) is 7.02. The van der Waals surface area contributed by atoms with Gasteiger partial charge in [0.1, 0.15) is 11.6 Å². The number of hydrogen-bond acceptors (Lipinski definition) is 3. The van der Waals surface area contributed by atoms with Gasteiger partial charge >= 0.3 is 0 Å². The lowest BCUT2D eigenvalue weighted by Crippen LogP contribution is -2.53. The lowest BCUT2D eigenvalue weighted by molar-refractivity contribution is 0.401. The molecule has 0 aromatic heterocycles. The highest BCUT2D eigenvalue weighted by atomic mass is 16.5. The van der Waals surface area contributed by atoms with Gasteiger partial charge in [-0.3, -0.25) is 4.99 Å². The monoisotopic (exact) mass is 349 g/mol. The van der Waals surface area contributed by atoms with Crippen LogP contribution in [-0.2, 0) is 6.54 Å². The van der Waals surface area contributed by atoms with Crippen molar-refractivity contribution in [3.05, 3.63) is 53.6 Å². The van der Waals surface area contributed by atoms with Gasteiger partial charge in [-0.05, 0) is 37.5 Å². The van der Waals surface area contributed by atoms with Crippen LogP contribution in [0.5, 0.6) is 5.75 Å². The summed E-state index contributed by atoms with van der Waals surface area (Å²) in [6.07, 6.45) is 6.04. The van der Waals surface area contributed by atoms with E-state index in [1.807, 2.05) is 12.1 Å². The van der Waals surface area contributed by atoms with E-state index < -0.39 is 0 Å². The van der Waals surface area contributed by atoms with Crippen molar-refractivity contribution < 1.29 is 4.74 Å². The highest BCUT2D eigenvalue weighted by Crippen LogP contribution is 2.40. The number of aliphatic imine (C=N–C) groups is 1. The molecule has 2 aliphatic rings. The van der Waals surface area contributed by atoms with Gasteiger partial charge in [0.2, 0.25) is 0 Å². The Labute approximate surface area is 155 Å². The smallest absolute Gasteiger partial charge is 0.127 e. The molecular formula is C22H27N3O. The number of nitrogens with one attached hydrogen (secondary N) is 2. The fourth-order valence-electron chi connectivity index (χ4n) is 4.12. The van der Waals surface area contributed by atoms with Gasteiger partial charge in [-0.2, -0.15) is 0 Å². The van der Waals surface area contributed by atoms with Crippen LogP contribution in [0.3, 0.4) is 0 Å². The zero-order chi connectivity index (χ0) is 18.0. The van der Waals surface area contributed by atoms with Crippen LogP contribution < -0.4 is 15.4 Å². The average molecular weight is 349 g/mol. The summed E-state index contributed by atoms with van der Waals surface area (Å²) in [5.74, 6) is 1.93. The number of rotatable bonds is 3. The van der Waals surface area contributed by atoms with Crippen LogP contribution >= 0.6 is 0 Å². The van der Waals surface area contributed by atoms with Crippen molar-refractivity contribution in [1.82, 2.24) is 0 Å². The van der Waals surface area contributed by atoms with Crippen LogP contribution in [-0.4, -0.2) is 18.5 Å². The number of nitrogens with zero attached hydrogens (tertiary/aromatic N) is 1. The Morgan fingerprint density at radius 3 is 2.65 bits per heavy atom. The van der Waals surface area contributed by atoms with Gasteiger partial charge in [-0.25, -0.2) is 0 Å². The Kier molecular flexibility index (Phi) is 4.58. The number of hydrogen-bond donors (Lipinski definition) is 2. The molecule has 4 nitrogen and oxygen atoms in total. The Morgan fingerprint density at radius 1 is 1.04 bits per heavy atom. The fraction of sp³-hybridized carbons (Fsp3) is 0.409. The van der Waals surface area contributed by atoms with Crippen molar-refractivity contribution in [2.45, 2.75) is 51.1 Å². The first-order chi connectivity index (χ1) is 12.7. The summed E-state index contributed by atoms with van der Waals surface area (Å²) < 4.78 is 5.39. The molecular weight excluding hydrogens is 322 g/mol. The maximum atomic E-state index is 5.39. The highest BCUT2D eigenvalue weighted by molar-refractivity contribution is 6.09. The predicted octanol–water partition coefficient (Wildman–Crippen LogP) is 5.14. The van der Waals surface area contributed by atoms with Crippen LogP contribution in [0.25, 0.3) is 0 Å². The third-order valence-electron chi connectivity index (χ3n) is 5.52. The topological polar surface area (TPSA) is 45.6 Å². The molecule has 1 heterocycles. The third-order valence-corrected chi connectivity index (χ3v) is 5.52. The SMILES string of the molecule is COc1ccc2c(c1)NC(=NCc1cccc(C)c1)C1(CCCCC1)N2. The Morgan fingerprint density at radius 2 is 1.88 bits per heavy atom. The minimum absolute atomic E-state index is 0.0658. The largest absolute Gasteiger partial charge is 0.497 e. The molecule has 26 heavy (non-hydrogen) atoms. The molecule has 0 unspecified atom stereocenters. The van der Waals surface area contributed by atoms with Gasteiger partial charge in [-0.1, -0.05) is 49.1 Å². The number of fused-ring (bicyclic) bond motifs is 1. The van der Waals surface area contributed by atoms with E-state index in [2.05, 4.69) is 47.9 Å². The molecule has 136 valence electrons. The molecule has 1 fully saturated rings. The van der Waals surface area contributed by atoms with Crippen molar-refractivity contribution in [3.8, 4) is 5.75 Å². The lowest BCUT2D eigenvalue weighted by Gasteiger charge is -2.44. The van der Waals surface area contributed by atoms with Gasteiger partial charge < -0.3 is 15.4 Å². The third kappa shape index (κ3) is 3.28. The van der Waals surface area contributed by atoms with Crippen molar-refractivity contribution >= 4 is 17.2 Å². The number of aryl methyl sites for hydroxylation is 1. The lowest BCUT2D eigenvalue weighted by atomic mass is 9.79. The van der Waals surface area contributed by atoms with E-state index in [1.54, 1.807) is 7.11 Å². The summed E-state index contributed by atoms with van der Waals surface area (Å²) in [6, 6.07) is 14.8. The molecule has 0 amide bonds. The summed E-state index contributed by atoms with van der Waals surface area (Å²) in [7, 11) is 1.70. The summed E-state index contributed by atoms with van der Waals surface area (Å²) in [6.45, 7) is 2.83. The number of amidine groups is 1. The molecule has 1 saturated carbocycles. The zero-order valence-corrected chi connectivity index (χ0v) is 15.6. The number of methoxy groups -OCH3 is 1. The van der Waals surface area contributed by atoms with E-state index in [0.717, 1.165) is 35.8 Å². The number of ether oxygens (including phenoxy) is 1. The minimum atomic E-state index is -0.0658. The van der Waals surface area contributed by atoms with E-state index in [9.17, 15) is 0 Å². The summed E-state index contributed by atoms with van der Waals surface area (Å²) >= 11 is 0. The minimum Gasteiger partial charge on any atom is -0.497 e. The molecule has 4 heteroatoms. The van der Waals surface area contributed by atoms with E-state index in [4.69, 9.17) is 9.73 Å². The molecule has 4 rings (SSSR count). The van der Waals surface area contributed by atoms with E-state index in [0.29, 0.717) is 6.54 Å². The average Bonchev–Trinajstić information content (AvgIpc) is 2.67. The molecule has 0 radical (unpaired) electrons. The Balaban J connectivity index is 1.67. The molecule has 1 aliphatic heterocycles. The quantitative estimate of drug-likeness (QED) is 0.806. The number of benzene rings is 2. The molecule has 2 aromatic carbocycles. The summed E-state index contributed by atoms with van der Waals surface area (Å²) in [5, 5.41) is 7.44. The van der Waals surface area contributed by atoms with Crippen LogP contribution in [0.4, 0.5) is 11.4 Å². The standard InChI is InChI=1S/C22H27N3O/c1-16-7-6-8-17(13-16)15-23-21-22(11-4-3-5-12-22)25-19-10-9-18(26-2)14-20(19)24-21/h6-10,13-14,25H,3-5,11-12,15H2,1-2H3,(H,23,24).